The molecule has 1 aliphatic heterocycles. The summed E-state index contributed by atoms with van der Waals surface area (Å²) in [6, 6.07) is 0.472. The Morgan fingerprint density at radius 2 is 1.95 bits per heavy atom. The molecular weight excluding hydrogens is 262 g/mol. The molecule has 0 aromatic rings. The third-order valence-electron chi connectivity index (χ3n) is 5.01. The van der Waals surface area contributed by atoms with Gasteiger partial charge in [-0.3, -0.25) is 4.79 Å². The maximum Gasteiger partial charge on any atom is 0.248 e. The van der Waals surface area contributed by atoms with Crippen LogP contribution in [0.2, 0.25) is 0 Å². The van der Waals surface area contributed by atoms with Gasteiger partial charge in [-0.2, -0.15) is 0 Å². The van der Waals surface area contributed by atoms with Crippen molar-refractivity contribution in [2.75, 3.05) is 20.1 Å². The van der Waals surface area contributed by atoms with E-state index in [-0.39, 0.29) is 24.7 Å². The number of nitrogens with one attached hydrogen (secondary N) is 1. The Balaban J connectivity index is 1.90. The zero-order valence-corrected chi connectivity index (χ0v) is 12.5. The zero-order valence-electron chi connectivity index (χ0n) is 12.5. The molecule has 2 unspecified atom stereocenters. The van der Waals surface area contributed by atoms with E-state index in [1.165, 1.54) is 0 Å². The third kappa shape index (κ3) is 3.48. The summed E-state index contributed by atoms with van der Waals surface area (Å²) >= 11 is 0. The highest BCUT2D eigenvalue weighted by Crippen LogP contribution is 2.37. The fourth-order valence-electron chi connectivity index (χ4n) is 3.57. The average molecular weight is 288 g/mol. The van der Waals surface area contributed by atoms with E-state index >= 15 is 0 Å². The zero-order chi connectivity index (χ0) is 14.8. The first-order chi connectivity index (χ1) is 9.46. The van der Waals surface area contributed by atoms with Gasteiger partial charge in [-0.05, 0) is 32.2 Å². The van der Waals surface area contributed by atoms with Crippen LogP contribution in [0.1, 0.15) is 45.4 Å². The van der Waals surface area contributed by atoms with E-state index in [0.29, 0.717) is 24.8 Å². The molecule has 1 aliphatic carbocycles. The number of alkyl halides is 2. The minimum Gasteiger partial charge on any atom is -0.342 e. The summed E-state index contributed by atoms with van der Waals surface area (Å²) in [5.41, 5.74) is 0. The molecule has 0 aromatic heterocycles. The van der Waals surface area contributed by atoms with E-state index in [2.05, 4.69) is 12.2 Å². The number of carbonyl (C=O) groups is 1. The number of halogens is 2. The second-order valence-electron chi connectivity index (χ2n) is 6.27. The molecule has 1 saturated heterocycles. The van der Waals surface area contributed by atoms with Crippen LogP contribution < -0.4 is 5.32 Å². The van der Waals surface area contributed by atoms with Crippen LogP contribution in [-0.2, 0) is 4.79 Å². The first-order valence-electron chi connectivity index (χ1n) is 7.80. The third-order valence-corrected chi connectivity index (χ3v) is 5.01. The normalized spacial score (nSPS) is 31.3. The van der Waals surface area contributed by atoms with E-state index in [0.717, 1.165) is 25.9 Å². The molecule has 0 spiro atoms. The standard InChI is InChI=1S/C15H26F2N2O/c1-3-11-10-19(9-6-13(11)18-2)14(20)12-4-7-15(16,17)8-5-12/h11-13,18H,3-10H2,1-2H3. The smallest absolute Gasteiger partial charge is 0.248 e. The van der Waals surface area contributed by atoms with Crippen LogP contribution in [0.5, 0.6) is 0 Å². The molecule has 5 heteroatoms. The Kier molecular flexibility index (Phi) is 4.99. The van der Waals surface area contributed by atoms with E-state index in [4.69, 9.17) is 0 Å². The number of amides is 1. The van der Waals surface area contributed by atoms with Gasteiger partial charge in [0, 0.05) is 37.9 Å². The number of nitrogens with zero attached hydrogens (tertiary/aromatic N) is 1. The van der Waals surface area contributed by atoms with Crippen LogP contribution in [0.15, 0.2) is 0 Å². The van der Waals surface area contributed by atoms with Crippen LogP contribution >= 0.6 is 0 Å². The maximum atomic E-state index is 13.2. The summed E-state index contributed by atoms with van der Waals surface area (Å²) in [4.78, 5) is 14.4. The SMILES string of the molecule is CCC1CN(C(=O)C2CCC(F)(F)CC2)CCC1NC. The highest BCUT2D eigenvalue weighted by Gasteiger charge is 2.40. The average Bonchev–Trinajstić information content (AvgIpc) is 2.45. The second kappa shape index (κ2) is 6.37. The van der Waals surface area contributed by atoms with Gasteiger partial charge in [0.05, 0.1) is 0 Å². The Morgan fingerprint density at radius 1 is 1.30 bits per heavy atom. The Morgan fingerprint density at radius 3 is 2.50 bits per heavy atom. The van der Waals surface area contributed by atoms with Crippen molar-refractivity contribution in [2.24, 2.45) is 11.8 Å². The van der Waals surface area contributed by atoms with Crippen LogP contribution in [-0.4, -0.2) is 42.9 Å². The molecule has 2 aliphatic rings. The Hall–Kier alpha value is -0.710. The fraction of sp³-hybridized carbons (Fsp3) is 0.933. The molecular formula is C15H26F2N2O. The summed E-state index contributed by atoms with van der Waals surface area (Å²) in [6.07, 6.45) is 2.42. The number of carbonyl (C=O) groups excluding carboxylic acids is 1. The van der Waals surface area contributed by atoms with Crippen molar-refractivity contribution in [3.63, 3.8) is 0 Å². The second-order valence-corrected chi connectivity index (χ2v) is 6.27. The number of hydrogen-bond donors (Lipinski definition) is 1. The van der Waals surface area contributed by atoms with Crippen molar-refractivity contribution in [2.45, 2.75) is 57.4 Å². The first kappa shape index (κ1) is 15.7. The van der Waals surface area contributed by atoms with Gasteiger partial charge in [0.2, 0.25) is 11.8 Å². The highest BCUT2D eigenvalue weighted by molar-refractivity contribution is 5.79. The van der Waals surface area contributed by atoms with E-state index < -0.39 is 5.92 Å². The molecule has 20 heavy (non-hydrogen) atoms. The van der Waals surface area contributed by atoms with Crippen LogP contribution in [0.3, 0.4) is 0 Å². The summed E-state index contributed by atoms with van der Waals surface area (Å²) in [6.45, 7) is 3.67. The lowest BCUT2D eigenvalue weighted by Crippen LogP contribution is -2.51. The summed E-state index contributed by atoms with van der Waals surface area (Å²) in [7, 11) is 1.97. The van der Waals surface area contributed by atoms with Gasteiger partial charge in [-0.15, -0.1) is 0 Å². The predicted octanol–water partition coefficient (Wildman–Crippen LogP) is 2.66. The quantitative estimate of drug-likeness (QED) is 0.866. The molecule has 3 nitrogen and oxygen atoms in total. The van der Waals surface area contributed by atoms with Gasteiger partial charge in [0.1, 0.15) is 0 Å². The van der Waals surface area contributed by atoms with Gasteiger partial charge >= 0.3 is 0 Å². The number of likely N-dealkylation sites (tertiary alicyclic amines) is 1. The fourth-order valence-corrected chi connectivity index (χ4v) is 3.57. The molecule has 2 fully saturated rings. The van der Waals surface area contributed by atoms with E-state index in [9.17, 15) is 13.6 Å². The molecule has 1 amide bonds. The predicted molar refractivity (Wildman–Crippen MR) is 74.7 cm³/mol. The van der Waals surface area contributed by atoms with Crippen LogP contribution in [0.25, 0.3) is 0 Å². The molecule has 2 atom stereocenters. The maximum absolute atomic E-state index is 13.2. The van der Waals surface area contributed by atoms with Crippen molar-refractivity contribution >= 4 is 5.91 Å². The Bertz CT molecular complexity index is 339. The number of hydrogen-bond acceptors (Lipinski definition) is 2. The molecule has 1 N–H and O–H groups in total. The lowest BCUT2D eigenvalue weighted by molar-refractivity contribution is -0.141. The van der Waals surface area contributed by atoms with Crippen molar-refractivity contribution in [1.29, 1.82) is 0 Å². The van der Waals surface area contributed by atoms with Gasteiger partial charge in [0.25, 0.3) is 0 Å². The van der Waals surface area contributed by atoms with Crippen molar-refractivity contribution in [3.8, 4) is 0 Å². The Labute approximate surface area is 120 Å². The van der Waals surface area contributed by atoms with Crippen molar-refractivity contribution in [3.05, 3.63) is 0 Å². The minimum absolute atomic E-state index is 0.105. The van der Waals surface area contributed by atoms with Gasteiger partial charge in [-0.1, -0.05) is 13.3 Å². The van der Waals surface area contributed by atoms with Crippen LogP contribution in [0, 0.1) is 11.8 Å². The molecule has 1 heterocycles. The topological polar surface area (TPSA) is 32.3 Å². The molecule has 1 saturated carbocycles. The van der Waals surface area contributed by atoms with Crippen molar-refractivity contribution in [1.82, 2.24) is 10.2 Å². The van der Waals surface area contributed by atoms with E-state index in [1.54, 1.807) is 0 Å². The highest BCUT2D eigenvalue weighted by atomic mass is 19.3. The summed E-state index contributed by atoms with van der Waals surface area (Å²) in [5.74, 6) is -2.16. The molecule has 116 valence electrons. The minimum atomic E-state index is -2.55. The van der Waals surface area contributed by atoms with Gasteiger partial charge in [-0.25, -0.2) is 8.78 Å². The molecule has 0 bridgehead atoms. The lowest BCUT2D eigenvalue weighted by Gasteiger charge is -2.40. The summed E-state index contributed by atoms with van der Waals surface area (Å²) in [5, 5.41) is 3.32. The lowest BCUT2D eigenvalue weighted by atomic mass is 9.84. The van der Waals surface area contributed by atoms with Crippen LogP contribution in [0.4, 0.5) is 8.78 Å². The largest absolute Gasteiger partial charge is 0.342 e. The summed E-state index contributed by atoms with van der Waals surface area (Å²) < 4.78 is 26.3. The molecule has 0 radical (unpaired) electrons. The first-order valence-corrected chi connectivity index (χ1v) is 7.80. The molecule has 2 rings (SSSR count). The van der Waals surface area contributed by atoms with Gasteiger partial charge in [0.15, 0.2) is 0 Å². The van der Waals surface area contributed by atoms with Gasteiger partial charge < -0.3 is 10.2 Å². The molecule has 0 aromatic carbocycles. The number of rotatable bonds is 3. The van der Waals surface area contributed by atoms with Crippen molar-refractivity contribution < 1.29 is 13.6 Å². The number of piperidine rings is 1. The van der Waals surface area contributed by atoms with E-state index in [1.807, 2.05) is 11.9 Å². The monoisotopic (exact) mass is 288 g/mol.